The highest BCUT2D eigenvalue weighted by Crippen LogP contribution is 2.20. The summed E-state index contributed by atoms with van der Waals surface area (Å²) in [4.78, 5) is 28.1. The zero-order valence-electron chi connectivity index (χ0n) is 14.5. The molecule has 0 aromatic carbocycles. The van der Waals surface area contributed by atoms with Crippen molar-refractivity contribution >= 4 is 33.4 Å². The van der Waals surface area contributed by atoms with E-state index in [1.807, 2.05) is 6.92 Å². The monoisotopic (exact) mass is 389 g/mol. The van der Waals surface area contributed by atoms with Crippen LogP contribution >= 0.6 is 11.3 Å². The molecule has 0 unspecified atom stereocenters. The number of thiophene rings is 1. The van der Waals surface area contributed by atoms with Crippen LogP contribution in [0, 0.1) is 6.92 Å². The molecule has 140 valence electrons. The number of hydrogen-bond donors (Lipinski definition) is 1. The van der Waals surface area contributed by atoms with E-state index >= 15 is 0 Å². The fourth-order valence-electron chi connectivity index (χ4n) is 2.50. The number of amides is 2. The number of rotatable bonds is 5. The minimum absolute atomic E-state index is 0.191. The van der Waals surface area contributed by atoms with E-state index in [2.05, 4.69) is 4.72 Å². The molecule has 1 aromatic rings. The van der Waals surface area contributed by atoms with Gasteiger partial charge in [0, 0.05) is 31.1 Å². The minimum Gasteiger partial charge on any atom is -0.450 e. The molecular formula is C15H23N3O5S2. The standard InChI is InChI=1S/C15H23N3O5S2/c1-4-23-15(20)18-9-7-17(8-10-18)14(19)12(3)16-25(21,22)13-6-5-11(2)24-13/h5-6,12,16H,4,7-10H2,1-3H3/t12-/m0/s1. The predicted octanol–water partition coefficient (Wildman–Crippen LogP) is 1.02. The Bertz CT molecular complexity index is 723. The van der Waals surface area contributed by atoms with E-state index in [4.69, 9.17) is 4.74 Å². The normalized spacial score (nSPS) is 16.6. The molecule has 0 spiro atoms. The van der Waals surface area contributed by atoms with Crippen LogP contribution in [0.5, 0.6) is 0 Å². The van der Waals surface area contributed by atoms with E-state index in [9.17, 15) is 18.0 Å². The van der Waals surface area contributed by atoms with Gasteiger partial charge in [-0.3, -0.25) is 4.79 Å². The maximum Gasteiger partial charge on any atom is 0.409 e. The van der Waals surface area contributed by atoms with Crippen molar-refractivity contribution in [2.24, 2.45) is 0 Å². The molecule has 1 aromatic heterocycles. The number of nitrogens with zero attached hydrogens (tertiary/aromatic N) is 2. The molecule has 0 saturated carbocycles. The number of hydrogen-bond acceptors (Lipinski definition) is 6. The van der Waals surface area contributed by atoms with Gasteiger partial charge in [-0.25, -0.2) is 13.2 Å². The molecule has 8 nitrogen and oxygen atoms in total. The molecule has 10 heteroatoms. The fraction of sp³-hybridized carbons (Fsp3) is 0.600. The van der Waals surface area contributed by atoms with Gasteiger partial charge in [0.15, 0.2) is 0 Å². The van der Waals surface area contributed by atoms with E-state index in [-0.39, 0.29) is 10.1 Å². The molecule has 1 aliphatic heterocycles. The maximum absolute atomic E-state index is 12.5. The average molecular weight is 389 g/mol. The van der Waals surface area contributed by atoms with Gasteiger partial charge in [-0.1, -0.05) is 0 Å². The van der Waals surface area contributed by atoms with Crippen LogP contribution < -0.4 is 4.72 Å². The van der Waals surface area contributed by atoms with Crippen LogP contribution in [0.2, 0.25) is 0 Å². The molecule has 1 fully saturated rings. The van der Waals surface area contributed by atoms with Gasteiger partial charge in [0.05, 0.1) is 12.6 Å². The van der Waals surface area contributed by atoms with E-state index in [1.54, 1.807) is 17.9 Å². The lowest BCUT2D eigenvalue weighted by atomic mass is 10.2. The molecule has 1 N–H and O–H groups in total. The Labute approximate surface area is 151 Å². The number of piperazine rings is 1. The first-order valence-corrected chi connectivity index (χ1v) is 10.3. The molecule has 2 rings (SSSR count). The Hall–Kier alpha value is -1.65. The van der Waals surface area contributed by atoms with Gasteiger partial charge in [0.25, 0.3) is 10.0 Å². The summed E-state index contributed by atoms with van der Waals surface area (Å²) < 4.78 is 32.2. The minimum atomic E-state index is -3.72. The summed E-state index contributed by atoms with van der Waals surface area (Å²) in [5.41, 5.74) is 0. The van der Waals surface area contributed by atoms with Crippen LogP contribution in [0.1, 0.15) is 18.7 Å². The SMILES string of the molecule is CCOC(=O)N1CCN(C(=O)[C@H](C)NS(=O)(=O)c2ccc(C)s2)CC1. The first-order valence-electron chi connectivity index (χ1n) is 8.04. The molecule has 0 bridgehead atoms. The Morgan fingerprint density at radius 3 is 2.36 bits per heavy atom. The zero-order valence-corrected chi connectivity index (χ0v) is 16.2. The smallest absolute Gasteiger partial charge is 0.409 e. The van der Waals surface area contributed by atoms with Crippen molar-refractivity contribution in [1.82, 2.24) is 14.5 Å². The molecule has 2 heterocycles. The van der Waals surface area contributed by atoms with Crippen LogP contribution in [-0.4, -0.2) is 69.0 Å². The second-order valence-electron chi connectivity index (χ2n) is 5.72. The highest BCUT2D eigenvalue weighted by Gasteiger charge is 2.30. The average Bonchev–Trinajstić information content (AvgIpc) is 3.01. The van der Waals surface area contributed by atoms with E-state index in [0.29, 0.717) is 32.8 Å². The summed E-state index contributed by atoms with van der Waals surface area (Å²) in [7, 11) is -3.72. The Kier molecular flexibility index (Phi) is 6.42. The lowest BCUT2D eigenvalue weighted by molar-refractivity contribution is -0.134. The highest BCUT2D eigenvalue weighted by atomic mass is 32.2. The Morgan fingerprint density at radius 1 is 1.24 bits per heavy atom. The summed E-state index contributed by atoms with van der Waals surface area (Å²) in [5, 5.41) is 0. The van der Waals surface area contributed by atoms with Crippen LogP contribution in [0.25, 0.3) is 0 Å². The van der Waals surface area contributed by atoms with Gasteiger partial charge in [0.1, 0.15) is 4.21 Å². The molecule has 25 heavy (non-hydrogen) atoms. The van der Waals surface area contributed by atoms with Gasteiger partial charge in [-0.2, -0.15) is 4.72 Å². The molecule has 2 amide bonds. The second kappa shape index (κ2) is 8.15. The topological polar surface area (TPSA) is 96.0 Å². The largest absolute Gasteiger partial charge is 0.450 e. The van der Waals surface area contributed by atoms with E-state index < -0.39 is 22.2 Å². The number of ether oxygens (including phenoxy) is 1. The Morgan fingerprint density at radius 2 is 1.84 bits per heavy atom. The van der Waals surface area contributed by atoms with Gasteiger partial charge in [-0.15, -0.1) is 11.3 Å². The number of carbonyl (C=O) groups is 2. The summed E-state index contributed by atoms with van der Waals surface area (Å²) in [6.07, 6.45) is -0.392. The second-order valence-corrected chi connectivity index (χ2v) is 8.95. The third-order valence-electron chi connectivity index (χ3n) is 3.80. The summed E-state index contributed by atoms with van der Waals surface area (Å²) in [5.74, 6) is -0.305. The molecule has 0 radical (unpaired) electrons. The lowest BCUT2D eigenvalue weighted by Crippen LogP contribution is -2.55. The highest BCUT2D eigenvalue weighted by molar-refractivity contribution is 7.91. The number of nitrogens with one attached hydrogen (secondary N) is 1. The van der Waals surface area contributed by atoms with Crippen LogP contribution in [0.15, 0.2) is 16.3 Å². The van der Waals surface area contributed by atoms with Gasteiger partial charge in [0.2, 0.25) is 5.91 Å². The molecule has 1 aliphatic rings. The van der Waals surface area contributed by atoms with Crippen molar-refractivity contribution in [2.75, 3.05) is 32.8 Å². The van der Waals surface area contributed by atoms with E-state index in [0.717, 1.165) is 16.2 Å². The van der Waals surface area contributed by atoms with Crippen LogP contribution in [0.3, 0.4) is 0 Å². The summed E-state index contributed by atoms with van der Waals surface area (Å²) in [6.45, 7) is 6.82. The number of aryl methyl sites for hydroxylation is 1. The van der Waals surface area contributed by atoms with Gasteiger partial charge in [-0.05, 0) is 32.9 Å². The molecule has 1 saturated heterocycles. The van der Waals surface area contributed by atoms with Crippen molar-refractivity contribution in [2.45, 2.75) is 31.0 Å². The first-order chi connectivity index (χ1) is 11.7. The van der Waals surface area contributed by atoms with Crippen molar-refractivity contribution in [3.05, 3.63) is 17.0 Å². The summed E-state index contributed by atoms with van der Waals surface area (Å²) in [6, 6.07) is 2.37. The number of sulfonamides is 1. The van der Waals surface area contributed by atoms with Gasteiger partial charge >= 0.3 is 6.09 Å². The van der Waals surface area contributed by atoms with Crippen LogP contribution in [0.4, 0.5) is 4.79 Å². The predicted molar refractivity (Wildman–Crippen MR) is 94.0 cm³/mol. The molecule has 0 aliphatic carbocycles. The van der Waals surface area contributed by atoms with Crippen LogP contribution in [-0.2, 0) is 19.6 Å². The van der Waals surface area contributed by atoms with Crippen molar-refractivity contribution in [3.8, 4) is 0 Å². The van der Waals surface area contributed by atoms with E-state index in [1.165, 1.54) is 17.9 Å². The van der Waals surface area contributed by atoms with Gasteiger partial charge < -0.3 is 14.5 Å². The van der Waals surface area contributed by atoms with Crippen molar-refractivity contribution < 1.29 is 22.7 Å². The molecular weight excluding hydrogens is 366 g/mol. The lowest BCUT2D eigenvalue weighted by Gasteiger charge is -2.35. The Balaban J connectivity index is 1.92. The first kappa shape index (κ1) is 19.7. The fourth-order valence-corrected chi connectivity index (χ4v) is 4.99. The summed E-state index contributed by atoms with van der Waals surface area (Å²) >= 11 is 1.16. The molecule has 1 atom stereocenters. The van der Waals surface area contributed by atoms with Crippen molar-refractivity contribution in [1.29, 1.82) is 0 Å². The maximum atomic E-state index is 12.5. The third kappa shape index (κ3) is 4.93. The number of carbonyl (C=O) groups excluding carboxylic acids is 2. The van der Waals surface area contributed by atoms with Crippen molar-refractivity contribution in [3.63, 3.8) is 0 Å². The zero-order chi connectivity index (χ0) is 18.6. The third-order valence-corrected chi connectivity index (χ3v) is 6.83. The quantitative estimate of drug-likeness (QED) is 0.811.